The molecule has 0 atom stereocenters. The van der Waals surface area contributed by atoms with Gasteiger partial charge in [-0.1, -0.05) is 6.07 Å². The summed E-state index contributed by atoms with van der Waals surface area (Å²) in [6.07, 6.45) is -2.71. The largest absolute Gasteiger partial charge is 0.405 e. The van der Waals surface area contributed by atoms with Crippen molar-refractivity contribution in [2.75, 3.05) is 24.5 Å². The molecule has 0 spiro atoms. The highest BCUT2D eigenvalue weighted by atomic mass is 19.4. The third kappa shape index (κ3) is 4.06. The fraction of sp³-hybridized carbons (Fsp3) is 0.500. The van der Waals surface area contributed by atoms with Crippen molar-refractivity contribution in [3.63, 3.8) is 0 Å². The Morgan fingerprint density at radius 3 is 2.50 bits per heavy atom. The highest BCUT2D eigenvalue weighted by molar-refractivity contribution is 5.39. The third-order valence-electron chi connectivity index (χ3n) is 1.99. The van der Waals surface area contributed by atoms with Crippen LogP contribution in [-0.4, -0.2) is 30.8 Å². The number of nitrogens with two attached hydrogens (primary N) is 1. The molecule has 0 bridgehead atoms. The molecular weight excluding hydrogens is 219 g/mol. The number of rotatable bonds is 4. The smallest absolute Gasteiger partial charge is 0.346 e. The number of hydrogen-bond acceptors (Lipinski definition) is 3. The summed E-state index contributed by atoms with van der Waals surface area (Å²) in [6.45, 7) is 1.09. The van der Waals surface area contributed by atoms with E-state index in [2.05, 4.69) is 4.98 Å². The highest BCUT2D eigenvalue weighted by Crippen LogP contribution is 2.20. The summed E-state index contributed by atoms with van der Waals surface area (Å²) < 4.78 is 36.9. The molecular formula is C10H14F3N3. The first-order valence-electron chi connectivity index (χ1n) is 4.87. The number of pyridine rings is 1. The second-order valence-electron chi connectivity index (χ2n) is 3.52. The van der Waals surface area contributed by atoms with Gasteiger partial charge in [-0.15, -0.1) is 0 Å². The molecule has 0 aliphatic rings. The Balaban J connectivity index is 2.80. The van der Waals surface area contributed by atoms with Crippen LogP contribution in [0.3, 0.4) is 0 Å². The van der Waals surface area contributed by atoms with E-state index in [0.29, 0.717) is 5.82 Å². The Morgan fingerprint density at radius 2 is 2.06 bits per heavy atom. The van der Waals surface area contributed by atoms with E-state index in [-0.39, 0.29) is 13.1 Å². The van der Waals surface area contributed by atoms with Crippen LogP contribution in [0.5, 0.6) is 0 Å². The molecule has 3 nitrogen and oxygen atoms in total. The van der Waals surface area contributed by atoms with E-state index < -0.39 is 12.7 Å². The van der Waals surface area contributed by atoms with Gasteiger partial charge in [0.25, 0.3) is 0 Å². The zero-order chi connectivity index (χ0) is 12.2. The Labute approximate surface area is 92.1 Å². The molecule has 0 unspecified atom stereocenters. The van der Waals surface area contributed by atoms with Crippen LogP contribution in [0.1, 0.15) is 5.56 Å². The molecule has 16 heavy (non-hydrogen) atoms. The van der Waals surface area contributed by atoms with Crippen molar-refractivity contribution in [2.45, 2.75) is 13.1 Å². The summed E-state index contributed by atoms with van der Waals surface area (Å²) in [7, 11) is 0. The molecule has 1 aromatic rings. The second kappa shape index (κ2) is 5.16. The normalized spacial score (nSPS) is 11.6. The van der Waals surface area contributed by atoms with Crippen LogP contribution in [0.25, 0.3) is 0 Å². The van der Waals surface area contributed by atoms with Crippen LogP contribution in [0.15, 0.2) is 18.3 Å². The number of hydrogen-bond donors (Lipinski definition) is 1. The molecule has 6 heteroatoms. The van der Waals surface area contributed by atoms with Gasteiger partial charge in [-0.2, -0.15) is 13.2 Å². The second-order valence-corrected chi connectivity index (χ2v) is 3.52. The van der Waals surface area contributed by atoms with Gasteiger partial charge in [0.1, 0.15) is 12.4 Å². The molecule has 90 valence electrons. The average Bonchev–Trinajstić information content (AvgIpc) is 2.16. The van der Waals surface area contributed by atoms with E-state index in [0.717, 1.165) is 10.5 Å². The van der Waals surface area contributed by atoms with Crippen molar-refractivity contribution in [2.24, 2.45) is 5.73 Å². The zero-order valence-corrected chi connectivity index (χ0v) is 8.96. The van der Waals surface area contributed by atoms with E-state index in [4.69, 9.17) is 5.73 Å². The molecule has 0 aliphatic heterocycles. The quantitative estimate of drug-likeness (QED) is 0.861. The van der Waals surface area contributed by atoms with Crippen molar-refractivity contribution < 1.29 is 13.2 Å². The van der Waals surface area contributed by atoms with Crippen molar-refractivity contribution in [1.29, 1.82) is 0 Å². The maximum Gasteiger partial charge on any atom is 0.405 e. The van der Waals surface area contributed by atoms with Gasteiger partial charge in [-0.05, 0) is 18.6 Å². The molecule has 2 N–H and O–H groups in total. The van der Waals surface area contributed by atoms with E-state index in [9.17, 15) is 13.2 Å². The first-order chi connectivity index (χ1) is 7.42. The summed E-state index contributed by atoms with van der Waals surface area (Å²) in [4.78, 5) is 5.08. The minimum absolute atomic E-state index is 0.134. The molecule has 0 radical (unpaired) electrons. The lowest BCUT2D eigenvalue weighted by atomic mass is 10.3. The van der Waals surface area contributed by atoms with Gasteiger partial charge in [0.2, 0.25) is 0 Å². The van der Waals surface area contributed by atoms with Crippen molar-refractivity contribution in [3.05, 3.63) is 23.9 Å². The summed E-state index contributed by atoms with van der Waals surface area (Å²) in [5, 5.41) is 0. The van der Waals surface area contributed by atoms with Gasteiger partial charge in [-0.25, -0.2) is 4.98 Å². The SMILES string of the molecule is Cc1ccc(N(CCN)CC(F)(F)F)nc1. The third-order valence-corrected chi connectivity index (χ3v) is 1.99. The van der Waals surface area contributed by atoms with Crippen molar-refractivity contribution >= 4 is 5.82 Å². The highest BCUT2D eigenvalue weighted by Gasteiger charge is 2.31. The van der Waals surface area contributed by atoms with Gasteiger partial charge < -0.3 is 10.6 Å². The number of aromatic nitrogens is 1. The van der Waals surface area contributed by atoms with E-state index >= 15 is 0 Å². The molecule has 0 saturated carbocycles. The van der Waals surface area contributed by atoms with E-state index in [1.807, 2.05) is 6.92 Å². The molecule has 1 rings (SSSR count). The van der Waals surface area contributed by atoms with Crippen LogP contribution in [-0.2, 0) is 0 Å². The number of anilines is 1. The number of aryl methyl sites for hydroxylation is 1. The first-order valence-corrected chi connectivity index (χ1v) is 4.87. The van der Waals surface area contributed by atoms with Gasteiger partial charge in [0.15, 0.2) is 0 Å². The fourth-order valence-corrected chi connectivity index (χ4v) is 1.29. The lowest BCUT2D eigenvalue weighted by molar-refractivity contribution is -0.119. The van der Waals surface area contributed by atoms with Gasteiger partial charge in [0, 0.05) is 19.3 Å². The van der Waals surface area contributed by atoms with Crippen molar-refractivity contribution in [1.82, 2.24) is 4.98 Å². The number of alkyl halides is 3. The Morgan fingerprint density at radius 1 is 1.38 bits per heavy atom. The van der Waals surface area contributed by atoms with Crippen LogP contribution >= 0.6 is 0 Å². The monoisotopic (exact) mass is 233 g/mol. The van der Waals surface area contributed by atoms with Gasteiger partial charge in [-0.3, -0.25) is 0 Å². The summed E-state index contributed by atoms with van der Waals surface area (Å²) in [6, 6.07) is 3.29. The number of halogens is 3. The van der Waals surface area contributed by atoms with Gasteiger partial charge in [0.05, 0.1) is 0 Å². The van der Waals surface area contributed by atoms with Crippen LogP contribution < -0.4 is 10.6 Å². The molecule has 0 saturated heterocycles. The van der Waals surface area contributed by atoms with Crippen LogP contribution in [0.4, 0.5) is 19.0 Å². The minimum Gasteiger partial charge on any atom is -0.346 e. The predicted octanol–water partition coefficient (Wildman–Crippen LogP) is 1.72. The van der Waals surface area contributed by atoms with E-state index in [1.165, 1.54) is 6.20 Å². The predicted molar refractivity (Wildman–Crippen MR) is 56.3 cm³/mol. The van der Waals surface area contributed by atoms with Crippen LogP contribution in [0.2, 0.25) is 0 Å². The number of nitrogens with zero attached hydrogens (tertiary/aromatic N) is 2. The minimum atomic E-state index is -4.25. The topological polar surface area (TPSA) is 42.1 Å². The maximum atomic E-state index is 12.3. The summed E-state index contributed by atoms with van der Waals surface area (Å²) in [5.74, 6) is 0.299. The fourth-order valence-electron chi connectivity index (χ4n) is 1.29. The molecule has 0 aromatic carbocycles. The Bertz CT molecular complexity index is 321. The zero-order valence-electron chi connectivity index (χ0n) is 8.96. The molecule has 1 aromatic heterocycles. The maximum absolute atomic E-state index is 12.3. The van der Waals surface area contributed by atoms with E-state index in [1.54, 1.807) is 12.1 Å². The lowest BCUT2D eigenvalue weighted by Gasteiger charge is -2.24. The van der Waals surface area contributed by atoms with Crippen molar-refractivity contribution in [3.8, 4) is 0 Å². The Kier molecular flexibility index (Phi) is 4.12. The summed E-state index contributed by atoms with van der Waals surface area (Å²) in [5.41, 5.74) is 6.18. The van der Waals surface area contributed by atoms with Gasteiger partial charge >= 0.3 is 6.18 Å². The molecule has 0 amide bonds. The van der Waals surface area contributed by atoms with Crippen LogP contribution in [0, 0.1) is 6.92 Å². The Hall–Kier alpha value is -1.30. The average molecular weight is 233 g/mol. The molecule has 0 fully saturated rings. The summed E-state index contributed by atoms with van der Waals surface area (Å²) >= 11 is 0. The lowest BCUT2D eigenvalue weighted by Crippen LogP contribution is -2.38. The standard InChI is InChI=1S/C10H14F3N3/c1-8-2-3-9(15-6-8)16(5-4-14)7-10(11,12)13/h2-3,6H,4-5,7,14H2,1H3. The first kappa shape index (κ1) is 12.8. The molecule has 0 aliphatic carbocycles. The molecule has 1 heterocycles.